The highest BCUT2D eigenvalue weighted by atomic mass is 15.3. The predicted octanol–water partition coefficient (Wildman–Crippen LogP) is 23.1. The zero-order valence-electron chi connectivity index (χ0n) is 56.7. The molecule has 0 spiro atoms. The quantitative estimate of drug-likeness (QED) is 0.163. The molecule has 0 radical (unpaired) electrons. The van der Waals surface area contributed by atoms with Gasteiger partial charge in [0, 0.05) is 40.1 Å². The van der Waals surface area contributed by atoms with Crippen LogP contribution >= 0.6 is 0 Å². The molecule has 0 unspecified atom stereocenters. The van der Waals surface area contributed by atoms with Crippen LogP contribution in [-0.4, -0.2) is 38.2 Å². The Morgan fingerprint density at radius 1 is 0.257 bits per heavy atom. The van der Waals surface area contributed by atoms with Gasteiger partial charge in [-0.3, -0.25) is 18.3 Å². The number of hydrogen-bond acceptors (Lipinski definition) is 8. The molecule has 0 saturated carbocycles. The predicted molar refractivity (Wildman–Crippen MR) is 415 cm³/mol. The standard InChI is InChI=1S/C25H17N3.C23H21N3.C21H17N3.C20H15N3/c1-3-10-18(11-4-1)25-26-20-14-9-17-23-24(20)28(25)22-16-8-7-15-21(22)27(23)19-12-5-2-6-13-19;1-23(2,3)22-24-17-12-9-15-20-21(17)26(22)19-14-8-7-13-18(19)25(20)16-10-5-4-6-11-16;1-2-20-22-16-11-8-14-19-21(16)24(20)18-13-7-6-12-17(18)23(19)15-9-4-3-5-10-15;1-14-21-16-10-7-13-19-20(16)22(14)17-11-5-6-12-18(17)23(19)15-8-3-2-4-9-15/h1-17H;4-15H,1-3H3;3-14H,2H2,1H3;2-13H,1H3. The number of aryl methyl sites for hydroxylation is 2. The van der Waals surface area contributed by atoms with Crippen LogP contribution in [0.4, 0.5) is 68.2 Å². The van der Waals surface area contributed by atoms with Crippen molar-refractivity contribution in [3.8, 4) is 34.1 Å². The van der Waals surface area contributed by atoms with Gasteiger partial charge in [0.2, 0.25) is 0 Å². The molecule has 4 aromatic heterocycles. The third-order valence-corrected chi connectivity index (χ3v) is 19.4. The van der Waals surface area contributed by atoms with Crippen molar-refractivity contribution < 1.29 is 0 Å². The monoisotopic (exact) mass is 1310 g/mol. The summed E-state index contributed by atoms with van der Waals surface area (Å²) in [7, 11) is 0. The first-order valence-electron chi connectivity index (χ1n) is 34.6. The molecule has 4 aliphatic rings. The van der Waals surface area contributed by atoms with E-state index in [4.69, 9.17) is 19.9 Å². The second kappa shape index (κ2) is 24.5. The summed E-state index contributed by atoms with van der Waals surface area (Å²) in [6, 6.07) is 112. The van der Waals surface area contributed by atoms with Crippen LogP contribution in [0.2, 0.25) is 0 Å². The Morgan fingerprint density at radius 2 is 0.545 bits per heavy atom. The summed E-state index contributed by atoms with van der Waals surface area (Å²) in [6.45, 7) is 10.9. The molecular formula is C89H70N12. The van der Waals surface area contributed by atoms with E-state index < -0.39 is 0 Å². The molecule has 4 aliphatic heterocycles. The first kappa shape index (κ1) is 60.4. The van der Waals surface area contributed by atoms with Crippen LogP contribution in [0.5, 0.6) is 0 Å². The van der Waals surface area contributed by atoms with E-state index in [9.17, 15) is 0 Å². The van der Waals surface area contributed by atoms with Gasteiger partial charge in [0.15, 0.2) is 0 Å². The molecule has 0 N–H and O–H groups in total. The van der Waals surface area contributed by atoms with Crippen molar-refractivity contribution in [2.24, 2.45) is 0 Å². The number of aromatic nitrogens is 8. The summed E-state index contributed by atoms with van der Waals surface area (Å²) in [5.41, 5.74) is 28.6. The summed E-state index contributed by atoms with van der Waals surface area (Å²) in [4.78, 5) is 29.0. The lowest BCUT2D eigenvalue weighted by Gasteiger charge is -2.34. The first-order chi connectivity index (χ1) is 49.7. The number of anilines is 12. The fraction of sp³-hybridized carbons (Fsp3) is 0.0787. The minimum Gasteiger partial charge on any atom is -0.306 e. The fourth-order valence-electron chi connectivity index (χ4n) is 15.2. The molecule has 0 saturated heterocycles. The number of para-hydroxylation sites is 16. The zero-order valence-corrected chi connectivity index (χ0v) is 56.7. The van der Waals surface area contributed by atoms with Gasteiger partial charge in [-0.05, 0) is 153 Å². The average Bonchev–Trinajstić information content (AvgIpc) is 1.64. The van der Waals surface area contributed by atoms with Crippen molar-refractivity contribution in [2.75, 3.05) is 19.6 Å². The van der Waals surface area contributed by atoms with Gasteiger partial charge in [-0.2, -0.15) is 0 Å². The van der Waals surface area contributed by atoms with Gasteiger partial charge in [0.1, 0.15) is 23.3 Å². The summed E-state index contributed by atoms with van der Waals surface area (Å²) in [5.74, 6) is 4.20. The Balaban J connectivity index is 0.0000000970. The van der Waals surface area contributed by atoms with Gasteiger partial charge in [-0.1, -0.05) is 204 Å². The zero-order chi connectivity index (χ0) is 67.9. The van der Waals surface area contributed by atoms with Crippen LogP contribution in [0.25, 0.3) is 78.3 Å². The lowest BCUT2D eigenvalue weighted by Crippen LogP contribution is -2.23. The summed E-state index contributed by atoms with van der Waals surface area (Å²) < 4.78 is 9.23. The van der Waals surface area contributed by atoms with Crippen molar-refractivity contribution >= 4 is 112 Å². The number of nitrogens with zero attached hydrogens (tertiary/aromatic N) is 12. The van der Waals surface area contributed by atoms with Crippen LogP contribution in [0.15, 0.2) is 322 Å². The highest BCUT2D eigenvalue weighted by molar-refractivity contribution is 6.06. The highest BCUT2D eigenvalue weighted by Crippen LogP contribution is 2.52. The van der Waals surface area contributed by atoms with Crippen LogP contribution < -0.4 is 19.6 Å². The molecule has 12 heteroatoms. The van der Waals surface area contributed by atoms with Gasteiger partial charge in [0.05, 0.1) is 112 Å². The van der Waals surface area contributed by atoms with Crippen molar-refractivity contribution in [1.29, 1.82) is 0 Å². The number of rotatable bonds is 6. The average molecular weight is 1310 g/mol. The van der Waals surface area contributed by atoms with E-state index >= 15 is 0 Å². The second-order valence-electron chi connectivity index (χ2n) is 26.6. The largest absolute Gasteiger partial charge is 0.306 e. The molecule has 486 valence electrons. The molecule has 0 aliphatic carbocycles. The molecule has 13 aromatic carbocycles. The van der Waals surface area contributed by atoms with E-state index in [0.29, 0.717) is 0 Å². The summed E-state index contributed by atoms with van der Waals surface area (Å²) in [5, 5.41) is 0. The van der Waals surface area contributed by atoms with Crippen LogP contribution in [0.1, 0.15) is 45.2 Å². The Hall–Kier alpha value is -13.1. The third-order valence-electron chi connectivity index (χ3n) is 19.4. The maximum atomic E-state index is 5.02. The van der Waals surface area contributed by atoms with Gasteiger partial charge in [-0.25, -0.2) is 19.9 Å². The van der Waals surface area contributed by atoms with Crippen molar-refractivity contribution in [1.82, 2.24) is 38.2 Å². The van der Waals surface area contributed by atoms with Gasteiger partial charge < -0.3 is 19.6 Å². The van der Waals surface area contributed by atoms with Crippen LogP contribution in [0, 0.1) is 6.92 Å². The van der Waals surface area contributed by atoms with Gasteiger partial charge >= 0.3 is 0 Å². The number of hydrogen-bond donors (Lipinski definition) is 0. The molecule has 0 atom stereocenters. The Labute approximate surface area is 586 Å². The molecule has 12 nitrogen and oxygen atoms in total. The third kappa shape index (κ3) is 9.96. The summed E-state index contributed by atoms with van der Waals surface area (Å²) in [6.07, 6.45) is 0.911. The van der Waals surface area contributed by atoms with E-state index in [1.165, 1.54) is 73.4 Å². The molecule has 101 heavy (non-hydrogen) atoms. The maximum Gasteiger partial charge on any atom is 0.145 e. The smallest absolute Gasteiger partial charge is 0.145 e. The lowest BCUT2D eigenvalue weighted by molar-refractivity contribution is 0.539. The van der Waals surface area contributed by atoms with E-state index in [-0.39, 0.29) is 5.41 Å². The number of benzene rings is 13. The van der Waals surface area contributed by atoms with E-state index in [0.717, 1.165) is 97.0 Å². The fourth-order valence-corrected chi connectivity index (χ4v) is 15.2. The minimum absolute atomic E-state index is 0.0433. The summed E-state index contributed by atoms with van der Waals surface area (Å²) >= 11 is 0. The Bertz CT molecular complexity index is 5970. The topological polar surface area (TPSA) is 84.2 Å². The Morgan fingerprint density at radius 3 is 0.941 bits per heavy atom. The van der Waals surface area contributed by atoms with E-state index in [1.807, 2.05) is 12.1 Å². The van der Waals surface area contributed by atoms with Gasteiger partial charge in [0.25, 0.3) is 0 Å². The molecule has 17 aromatic rings. The molecule has 0 fully saturated rings. The highest BCUT2D eigenvalue weighted by Gasteiger charge is 2.35. The number of fused-ring (bicyclic) bond motifs is 8. The molecule has 8 heterocycles. The molecule has 21 rings (SSSR count). The maximum absolute atomic E-state index is 5.02. The van der Waals surface area contributed by atoms with Crippen molar-refractivity contribution in [3.05, 3.63) is 339 Å². The van der Waals surface area contributed by atoms with Crippen molar-refractivity contribution in [3.63, 3.8) is 0 Å². The van der Waals surface area contributed by atoms with Crippen molar-refractivity contribution in [2.45, 2.75) is 46.5 Å². The second-order valence-corrected chi connectivity index (χ2v) is 26.6. The SMILES string of the molecule is CC(C)(C)c1nc2cccc3c2n1-c1ccccc1N3c1ccccc1.CCc1nc2cccc3c2n1-c1ccccc1N3c1ccccc1.Cc1nc2cccc3c2n1-c1ccccc1N3c1ccccc1.c1ccc(-c2nc3cccc4c3n2-c2ccccc2N4c2ccccc2)cc1. The number of imidazole rings is 4. The van der Waals surface area contributed by atoms with Gasteiger partial charge in [-0.15, -0.1) is 0 Å². The van der Waals surface area contributed by atoms with Crippen LogP contribution in [-0.2, 0) is 11.8 Å². The normalized spacial score (nSPS) is 12.6. The first-order valence-corrected chi connectivity index (χ1v) is 34.6. The molecule has 0 bridgehead atoms. The van der Waals surface area contributed by atoms with E-state index in [1.54, 1.807) is 0 Å². The van der Waals surface area contributed by atoms with Crippen LogP contribution in [0.3, 0.4) is 0 Å². The minimum atomic E-state index is -0.0433. The molecular weight excluding hydrogens is 1240 g/mol. The molecule has 0 amide bonds. The lowest BCUT2D eigenvalue weighted by atomic mass is 9.95. The van der Waals surface area contributed by atoms with E-state index in [2.05, 4.69) is 382 Å². The Kier molecular flexibility index (Phi) is 14.6.